The summed E-state index contributed by atoms with van der Waals surface area (Å²) in [5.41, 5.74) is 2.07. The number of hydrogen-bond donors (Lipinski definition) is 0. The molecule has 1 heterocycles. The van der Waals surface area contributed by atoms with Gasteiger partial charge in [0, 0.05) is 24.2 Å². The molecule has 6 heteroatoms. The van der Waals surface area contributed by atoms with Crippen molar-refractivity contribution >= 4 is 5.91 Å². The molecule has 0 aliphatic heterocycles. The highest BCUT2D eigenvalue weighted by atomic mass is 16.5. The number of benzene rings is 1. The third kappa shape index (κ3) is 3.21. The molecule has 1 aromatic heterocycles. The molecule has 0 spiro atoms. The van der Waals surface area contributed by atoms with Gasteiger partial charge in [0.25, 0.3) is 5.91 Å². The number of carbonyl (C=O) groups is 1. The number of amides is 1. The van der Waals surface area contributed by atoms with Gasteiger partial charge in [0.15, 0.2) is 0 Å². The molecule has 2 aromatic rings. The highest BCUT2D eigenvalue weighted by molar-refractivity contribution is 5.95. The normalized spacial score (nSPS) is 10.4. The van der Waals surface area contributed by atoms with Crippen molar-refractivity contribution in [2.45, 2.75) is 20.4 Å². The van der Waals surface area contributed by atoms with Crippen molar-refractivity contribution in [3.8, 4) is 11.5 Å². The van der Waals surface area contributed by atoms with Crippen LogP contribution in [0.3, 0.4) is 0 Å². The van der Waals surface area contributed by atoms with Gasteiger partial charge < -0.3 is 18.9 Å². The number of carbonyl (C=O) groups excluding carboxylic acids is 1. The van der Waals surface area contributed by atoms with E-state index in [1.165, 1.54) is 0 Å². The van der Waals surface area contributed by atoms with Crippen LogP contribution in [0.1, 0.15) is 27.4 Å². The van der Waals surface area contributed by atoms with Gasteiger partial charge in [0.2, 0.25) is 0 Å². The maximum atomic E-state index is 12.6. The van der Waals surface area contributed by atoms with E-state index in [1.54, 1.807) is 44.4 Å². The Morgan fingerprint density at radius 2 is 1.77 bits per heavy atom. The minimum atomic E-state index is -0.141. The van der Waals surface area contributed by atoms with Crippen LogP contribution in [0.4, 0.5) is 0 Å². The topological polar surface area (TPSA) is 64.8 Å². The van der Waals surface area contributed by atoms with Gasteiger partial charge in [-0.1, -0.05) is 5.16 Å². The van der Waals surface area contributed by atoms with E-state index in [0.717, 1.165) is 11.3 Å². The molecule has 0 atom stereocenters. The van der Waals surface area contributed by atoms with Crippen LogP contribution in [0.5, 0.6) is 11.5 Å². The second kappa shape index (κ2) is 6.51. The van der Waals surface area contributed by atoms with Crippen molar-refractivity contribution in [3.05, 3.63) is 40.8 Å². The molecule has 0 saturated heterocycles. The Morgan fingerprint density at radius 3 is 2.23 bits per heavy atom. The average Bonchev–Trinajstić information content (AvgIpc) is 2.91. The Hall–Kier alpha value is -2.50. The number of hydrogen-bond acceptors (Lipinski definition) is 5. The smallest absolute Gasteiger partial charge is 0.254 e. The number of rotatable bonds is 5. The number of ether oxygens (including phenoxy) is 2. The first kappa shape index (κ1) is 15.9. The fourth-order valence-electron chi connectivity index (χ4n) is 2.24. The van der Waals surface area contributed by atoms with Gasteiger partial charge in [0.05, 0.1) is 20.8 Å². The number of nitrogens with zero attached hydrogens (tertiary/aromatic N) is 2. The molecule has 0 aliphatic rings. The predicted molar refractivity (Wildman–Crippen MR) is 81.3 cm³/mol. The Labute approximate surface area is 129 Å². The van der Waals surface area contributed by atoms with Crippen molar-refractivity contribution in [1.82, 2.24) is 10.1 Å². The van der Waals surface area contributed by atoms with Crippen molar-refractivity contribution in [2.24, 2.45) is 0 Å². The lowest BCUT2D eigenvalue weighted by Gasteiger charge is -2.18. The summed E-state index contributed by atoms with van der Waals surface area (Å²) in [5.74, 6) is 1.81. The zero-order valence-electron chi connectivity index (χ0n) is 13.5. The summed E-state index contributed by atoms with van der Waals surface area (Å²) in [6.07, 6.45) is 0. The van der Waals surface area contributed by atoms with Crippen LogP contribution in [0.25, 0.3) is 0 Å². The van der Waals surface area contributed by atoms with Crippen LogP contribution < -0.4 is 9.47 Å². The van der Waals surface area contributed by atoms with Crippen molar-refractivity contribution in [3.63, 3.8) is 0 Å². The van der Waals surface area contributed by atoms with Gasteiger partial charge in [-0.2, -0.15) is 0 Å². The molecular formula is C16H20N2O4. The van der Waals surface area contributed by atoms with Gasteiger partial charge in [-0.25, -0.2) is 0 Å². The van der Waals surface area contributed by atoms with Gasteiger partial charge in [-0.05, 0) is 26.0 Å². The molecule has 0 unspecified atom stereocenters. The molecule has 0 saturated carbocycles. The van der Waals surface area contributed by atoms with Crippen LogP contribution >= 0.6 is 0 Å². The quantitative estimate of drug-likeness (QED) is 0.849. The van der Waals surface area contributed by atoms with E-state index in [1.807, 2.05) is 13.8 Å². The highest BCUT2D eigenvalue weighted by Crippen LogP contribution is 2.30. The summed E-state index contributed by atoms with van der Waals surface area (Å²) in [4.78, 5) is 14.1. The molecule has 0 bridgehead atoms. The SMILES string of the molecule is COc1cc(C(=O)N(C)Cc2cc(C)on2)cc(OC)c1C. The Bertz CT molecular complexity index is 654. The van der Waals surface area contributed by atoms with E-state index in [2.05, 4.69) is 5.16 Å². The maximum absolute atomic E-state index is 12.6. The lowest BCUT2D eigenvalue weighted by Crippen LogP contribution is -2.26. The summed E-state index contributed by atoms with van der Waals surface area (Å²) < 4.78 is 15.6. The van der Waals surface area contributed by atoms with Crippen molar-refractivity contribution < 1.29 is 18.8 Å². The molecular weight excluding hydrogens is 284 g/mol. The summed E-state index contributed by atoms with van der Waals surface area (Å²) in [6.45, 7) is 4.07. The van der Waals surface area contributed by atoms with Crippen LogP contribution in [0.15, 0.2) is 22.7 Å². The summed E-state index contributed by atoms with van der Waals surface area (Å²) in [7, 11) is 4.85. The second-order valence-electron chi connectivity index (χ2n) is 5.10. The molecule has 118 valence electrons. The summed E-state index contributed by atoms with van der Waals surface area (Å²) in [5, 5.41) is 3.90. The molecule has 6 nitrogen and oxygen atoms in total. The largest absolute Gasteiger partial charge is 0.496 e. The number of aryl methyl sites for hydroxylation is 1. The Kier molecular flexibility index (Phi) is 4.70. The molecule has 0 fully saturated rings. The van der Waals surface area contributed by atoms with Gasteiger partial charge >= 0.3 is 0 Å². The second-order valence-corrected chi connectivity index (χ2v) is 5.10. The van der Waals surface area contributed by atoms with Crippen LogP contribution in [-0.2, 0) is 6.54 Å². The fraction of sp³-hybridized carbons (Fsp3) is 0.375. The van der Waals surface area contributed by atoms with E-state index >= 15 is 0 Å². The van der Waals surface area contributed by atoms with E-state index in [-0.39, 0.29) is 5.91 Å². The van der Waals surface area contributed by atoms with Gasteiger partial charge in [-0.15, -0.1) is 0 Å². The predicted octanol–water partition coefficient (Wildman–Crippen LogP) is 2.58. The first-order chi connectivity index (χ1) is 10.5. The van der Waals surface area contributed by atoms with Crippen molar-refractivity contribution in [2.75, 3.05) is 21.3 Å². The molecule has 22 heavy (non-hydrogen) atoms. The number of methoxy groups -OCH3 is 2. The van der Waals surface area contributed by atoms with E-state index in [0.29, 0.717) is 29.3 Å². The first-order valence-corrected chi connectivity index (χ1v) is 6.86. The highest BCUT2D eigenvalue weighted by Gasteiger charge is 2.18. The van der Waals surface area contributed by atoms with Crippen LogP contribution in [-0.4, -0.2) is 37.2 Å². The van der Waals surface area contributed by atoms with Gasteiger partial charge in [-0.3, -0.25) is 4.79 Å². The zero-order chi connectivity index (χ0) is 16.3. The average molecular weight is 304 g/mol. The minimum absolute atomic E-state index is 0.141. The monoisotopic (exact) mass is 304 g/mol. The lowest BCUT2D eigenvalue weighted by molar-refractivity contribution is 0.0781. The lowest BCUT2D eigenvalue weighted by atomic mass is 10.1. The minimum Gasteiger partial charge on any atom is -0.496 e. The van der Waals surface area contributed by atoms with Crippen LogP contribution in [0, 0.1) is 13.8 Å². The zero-order valence-corrected chi connectivity index (χ0v) is 13.5. The fourth-order valence-corrected chi connectivity index (χ4v) is 2.24. The third-order valence-corrected chi connectivity index (χ3v) is 3.42. The van der Waals surface area contributed by atoms with Crippen LogP contribution in [0.2, 0.25) is 0 Å². The molecule has 1 amide bonds. The summed E-state index contributed by atoms with van der Waals surface area (Å²) in [6, 6.07) is 5.23. The van der Waals surface area contributed by atoms with E-state index in [9.17, 15) is 4.79 Å². The van der Waals surface area contributed by atoms with Gasteiger partial charge in [0.1, 0.15) is 23.0 Å². The first-order valence-electron chi connectivity index (χ1n) is 6.86. The number of aromatic nitrogens is 1. The Balaban J connectivity index is 2.24. The van der Waals surface area contributed by atoms with E-state index in [4.69, 9.17) is 14.0 Å². The molecule has 0 aliphatic carbocycles. The molecule has 2 rings (SSSR count). The van der Waals surface area contributed by atoms with E-state index < -0.39 is 0 Å². The Morgan fingerprint density at radius 1 is 1.18 bits per heavy atom. The molecule has 0 N–H and O–H groups in total. The van der Waals surface area contributed by atoms with Crippen molar-refractivity contribution in [1.29, 1.82) is 0 Å². The standard InChI is InChI=1S/C16H20N2O4/c1-10-6-13(17-22-10)9-18(3)16(19)12-7-14(20-4)11(2)15(8-12)21-5/h6-8H,9H2,1-5H3. The maximum Gasteiger partial charge on any atom is 0.254 e. The summed E-state index contributed by atoms with van der Waals surface area (Å²) >= 11 is 0. The third-order valence-electron chi connectivity index (χ3n) is 3.42. The molecule has 0 radical (unpaired) electrons. The molecule has 1 aromatic carbocycles.